The van der Waals surface area contributed by atoms with Gasteiger partial charge in [0, 0.05) is 12.1 Å². The molecule has 0 aliphatic heterocycles. The number of halogens is 1. The average molecular weight is 307 g/mol. The van der Waals surface area contributed by atoms with E-state index in [1.807, 2.05) is 6.92 Å². The Balaban J connectivity index is 2.50. The van der Waals surface area contributed by atoms with Crippen molar-refractivity contribution in [1.29, 1.82) is 0 Å². The van der Waals surface area contributed by atoms with Crippen LogP contribution in [0.2, 0.25) is 0 Å². The summed E-state index contributed by atoms with van der Waals surface area (Å²) in [5.74, 6) is -1.03. The van der Waals surface area contributed by atoms with Crippen molar-refractivity contribution in [3.8, 4) is 5.88 Å². The first-order valence-electron chi connectivity index (χ1n) is 6.84. The molecule has 2 N–H and O–H groups in total. The van der Waals surface area contributed by atoms with Crippen LogP contribution in [-0.4, -0.2) is 33.7 Å². The summed E-state index contributed by atoms with van der Waals surface area (Å²) in [6.45, 7) is 5.03. The van der Waals surface area contributed by atoms with Gasteiger partial charge in [0.1, 0.15) is 16.9 Å². The van der Waals surface area contributed by atoms with Gasteiger partial charge in [-0.2, -0.15) is 4.98 Å². The molecule has 1 aromatic carbocycles. The number of methoxy groups -OCH3 is 1. The van der Waals surface area contributed by atoms with Crippen LogP contribution in [0.4, 0.5) is 10.1 Å². The number of ether oxygens (including phenoxy) is 1. The van der Waals surface area contributed by atoms with Gasteiger partial charge in [0.15, 0.2) is 5.82 Å². The van der Waals surface area contributed by atoms with E-state index in [9.17, 15) is 14.3 Å². The van der Waals surface area contributed by atoms with Gasteiger partial charge in [-0.25, -0.2) is 14.2 Å². The molecule has 0 spiro atoms. The molecule has 2 rings (SSSR count). The molecule has 0 atom stereocenters. The molecule has 0 unspecified atom stereocenters. The summed E-state index contributed by atoms with van der Waals surface area (Å²) in [6, 6.07) is 2.72. The van der Waals surface area contributed by atoms with Gasteiger partial charge in [-0.05, 0) is 26.0 Å². The van der Waals surface area contributed by atoms with Crippen molar-refractivity contribution >= 4 is 22.6 Å². The number of nitrogens with one attached hydrogen (secondary N) is 1. The maximum Gasteiger partial charge on any atom is 0.330 e. The van der Waals surface area contributed by atoms with Crippen LogP contribution >= 0.6 is 0 Å². The number of fused-ring (bicyclic) bond motifs is 1. The molecule has 118 valence electrons. The minimum absolute atomic E-state index is 0.0470. The Labute approximate surface area is 127 Å². The topological polar surface area (TPSA) is 84.3 Å². The number of rotatable bonds is 4. The SMILES string of the molecule is CCc1nc(O)c2cc(NC(C)(C)C(=O)OC)cc(F)c2n1. The molecule has 6 nitrogen and oxygen atoms in total. The number of anilines is 1. The lowest BCUT2D eigenvalue weighted by atomic mass is 10.0. The molecular formula is C15H18FN3O3. The Morgan fingerprint density at radius 1 is 1.41 bits per heavy atom. The zero-order chi connectivity index (χ0) is 16.5. The number of nitrogens with zero attached hydrogens (tertiary/aromatic N) is 2. The van der Waals surface area contributed by atoms with E-state index < -0.39 is 17.3 Å². The number of aromatic hydroxyl groups is 1. The highest BCUT2D eigenvalue weighted by atomic mass is 19.1. The highest BCUT2D eigenvalue weighted by Gasteiger charge is 2.28. The van der Waals surface area contributed by atoms with E-state index in [1.54, 1.807) is 13.8 Å². The predicted molar refractivity (Wildman–Crippen MR) is 80.3 cm³/mol. The molecule has 0 saturated heterocycles. The van der Waals surface area contributed by atoms with Crippen molar-refractivity contribution < 1.29 is 19.0 Å². The van der Waals surface area contributed by atoms with Gasteiger partial charge in [-0.15, -0.1) is 0 Å². The van der Waals surface area contributed by atoms with Gasteiger partial charge in [0.05, 0.1) is 12.5 Å². The van der Waals surface area contributed by atoms with Gasteiger partial charge in [0.2, 0.25) is 5.88 Å². The zero-order valence-corrected chi connectivity index (χ0v) is 12.9. The maximum absolute atomic E-state index is 14.2. The van der Waals surface area contributed by atoms with Crippen LogP contribution in [0, 0.1) is 5.82 Å². The second kappa shape index (κ2) is 5.75. The first-order chi connectivity index (χ1) is 10.3. The van der Waals surface area contributed by atoms with Crippen molar-refractivity contribution in [2.75, 3.05) is 12.4 Å². The van der Waals surface area contributed by atoms with E-state index in [-0.39, 0.29) is 16.8 Å². The Bertz CT molecular complexity index is 732. The minimum Gasteiger partial charge on any atom is -0.493 e. The minimum atomic E-state index is -1.05. The molecule has 0 radical (unpaired) electrons. The second-order valence-corrected chi connectivity index (χ2v) is 5.41. The lowest BCUT2D eigenvalue weighted by molar-refractivity contribution is -0.144. The fraction of sp³-hybridized carbons (Fsp3) is 0.400. The van der Waals surface area contributed by atoms with Crippen molar-refractivity contribution in [2.24, 2.45) is 0 Å². The van der Waals surface area contributed by atoms with E-state index in [4.69, 9.17) is 0 Å². The largest absolute Gasteiger partial charge is 0.493 e. The van der Waals surface area contributed by atoms with Crippen LogP contribution in [0.5, 0.6) is 5.88 Å². The van der Waals surface area contributed by atoms with Crippen molar-refractivity contribution in [3.63, 3.8) is 0 Å². The second-order valence-electron chi connectivity index (χ2n) is 5.41. The number of carbonyl (C=O) groups excluding carboxylic acids is 1. The summed E-state index contributed by atoms with van der Waals surface area (Å²) in [7, 11) is 1.28. The number of benzene rings is 1. The molecule has 7 heteroatoms. The normalized spacial score (nSPS) is 11.5. The summed E-state index contributed by atoms with van der Waals surface area (Å²) in [6.07, 6.45) is 0.484. The van der Waals surface area contributed by atoms with Crippen LogP contribution in [0.1, 0.15) is 26.6 Å². The third-order valence-corrected chi connectivity index (χ3v) is 3.25. The van der Waals surface area contributed by atoms with E-state index in [0.717, 1.165) is 0 Å². The monoisotopic (exact) mass is 307 g/mol. The average Bonchev–Trinajstić information content (AvgIpc) is 2.46. The highest BCUT2D eigenvalue weighted by molar-refractivity contribution is 5.89. The van der Waals surface area contributed by atoms with Crippen LogP contribution < -0.4 is 5.32 Å². The summed E-state index contributed by atoms with van der Waals surface area (Å²) in [5, 5.41) is 13.0. The van der Waals surface area contributed by atoms with Crippen molar-refractivity contribution in [1.82, 2.24) is 9.97 Å². The summed E-state index contributed by atoms with van der Waals surface area (Å²) >= 11 is 0. The van der Waals surface area contributed by atoms with E-state index >= 15 is 0 Å². The van der Waals surface area contributed by atoms with Gasteiger partial charge >= 0.3 is 5.97 Å². The first-order valence-corrected chi connectivity index (χ1v) is 6.84. The van der Waals surface area contributed by atoms with Gasteiger partial charge in [0.25, 0.3) is 0 Å². The summed E-state index contributed by atoms with van der Waals surface area (Å²) in [5.41, 5.74) is -0.677. The smallest absolute Gasteiger partial charge is 0.330 e. The molecule has 1 aromatic heterocycles. The molecule has 0 fully saturated rings. The molecule has 0 aliphatic carbocycles. The van der Waals surface area contributed by atoms with Crippen LogP contribution in [0.15, 0.2) is 12.1 Å². The molecule has 2 aromatic rings. The van der Waals surface area contributed by atoms with Crippen LogP contribution in [-0.2, 0) is 16.0 Å². The van der Waals surface area contributed by atoms with Crippen LogP contribution in [0.25, 0.3) is 10.9 Å². The van der Waals surface area contributed by atoms with Gasteiger partial charge in [-0.1, -0.05) is 6.92 Å². The van der Waals surface area contributed by atoms with Crippen molar-refractivity contribution in [3.05, 3.63) is 23.8 Å². The van der Waals surface area contributed by atoms with E-state index in [2.05, 4.69) is 20.0 Å². The Hall–Kier alpha value is -2.44. The fourth-order valence-corrected chi connectivity index (χ4v) is 2.12. The van der Waals surface area contributed by atoms with Crippen LogP contribution in [0.3, 0.4) is 0 Å². The van der Waals surface area contributed by atoms with Crippen molar-refractivity contribution in [2.45, 2.75) is 32.7 Å². The number of carbonyl (C=O) groups is 1. The van der Waals surface area contributed by atoms with E-state index in [0.29, 0.717) is 17.9 Å². The molecule has 0 saturated carbocycles. The summed E-state index contributed by atoms with van der Waals surface area (Å²) in [4.78, 5) is 19.7. The standard InChI is InChI=1S/C15H18FN3O3/c1-5-11-17-12-9(13(20)18-11)6-8(7-10(12)16)19-15(2,3)14(21)22-4/h6-7,19H,5H2,1-4H3,(H,17,18,20). The zero-order valence-electron chi connectivity index (χ0n) is 12.9. The highest BCUT2D eigenvalue weighted by Crippen LogP contribution is 2.29. The third kappa shape index (κ3) is 2.93. The Kier molecular flexibility index (Phi) is 4.16. The quantitative estimate of drug-likeness (QED) is 0.844. The fourth-order valence-electron chi connectivity index (χ4n) is 2.12. The number of hydrogen-bond donors (Lipinski definition) is 2. The third-order valence-electron chi connectivity index (χ3n) is 3.25. The number of esters is 1. The number of aromatic nitrogens is 2. The molecule has 1 heterocycles. The first kappa shape index (κ1) is 15.9. The Morgan fingerprint density at radius 3 is 2.68 bits per heavy atom. The number of hydrogen-bond acceptors (Lipinski definition) is 6. The molecule has 0 bridgehead atoms. The lowest BCUT2D eigenvalue weighted by Gasteiger charge is -2.24. The Morgan fingerprint density at radius 2 is 2.09 bits per heavy atom. The van der Waals surface area contributed by atoms with Gasteiger partial charge < -0.3 is 15.2 Å². The molecule has 0 amide bonds. The summed E-state index contributed by atoms with van der Waals surface area (Å²) < 4.78 is 18.9. The molecule has 22 heavy (non-hydrogen) atoms. The lowest BCUT2D eigenvalue weighted by Crippen LogP contribution is -2.41. The van der Waals surface area contributed by atoms with E-state index in [1.165, 1.54) is 19.2 Å². The van der Waals surface area contributed by atoms with Gasteiger partial charge in [-0.3, -0.25) is 0 Å². The number of aryl methyl sites for hydroxylation is 1. The predicted octanol–water partition coefficient (Wildman–Crippen LogP) is 2.40. The molecule has 0 aliphatic rings. The molecular weight excluding hydrogens is 289 g/mol. The maximum atomic E-state index is 14.2.